The highest BCUT2D eigenvalue weighted by molar-refractivity contribution is 6.32. The van der Waals surface area contributed by atoms with Crippen LogP contribution in [0.1, 0.15) is 24.5 Å². The topological polar surface area (TPSA) is 132 Å². The number of nitrogens with zero attached hydrogens (tertiary/aromatic N) is 1. The molecule has 8 nitrogen and oxygen atoms in total. The molecule has 3 aromatic rings. The Hall–Kier alpha value is -3.65. The Morgan fingerprint density at radius 2 is 1.88 bits per heavy atom. The molecule has 0 spiro atoms. The number of carbonyl (C=O) groups excluding carboxylic acids is 2. The number of pyridine rings is 1. The van der Waals surface area contributed by atoms with E-state index in [-0.39, 0.29) is 19.0 Å². The summed E-state index contributed by atoms with van der Waals surface area (Å²) < 4.78 is 5.29. The van der Waals surface area contributed by atoms with Gasteiger partial charge >= 0.3 is 0 Å². The lowest BCUT2D eigenvalue weighted by Gasteiger charge is -2.13. The smallest absolute Gasteiger partial charge is 0.290 e. The first-order valence-corrected chi connectivity index (χ1v) is 10.1. The fourth-order valence-corrected chi connectivity index (χ4v) is 3.23. The first-order chi connectivity index (χ1) is 15.2. The zero-order valence-electron chi connectivity index (χ0n) is 17.9. The fourth-order valence-electron chi connectivity index (χ4n) is 3.00. The SMILES string of the molecule is CCC(=O)Nc1cc2nc(-c3ccc(OCC(N)=O)c(Cl)c3)cc(C)c2cc1C.O=CO. The van der Waals surface area contributed by atoms with E-state index in [0.29, 0.717) is 17.2 Å². The largest absolute Gasteiger partial charge is 0.483 e. The van der Waals surface area contributed by atoms with Crippen LogP contribution in [0.25, 0.3) is 22.2 Å². The van der Waals surface area contributed by atoms with E-state index in [1.54, 1.807) is 12.1 Å². The van der Waals surface area contributed by atoms with Gasteiger partial charge in [-0.2, -0.15) is 0 Å². The first kappa shape index (κ1) is 24.6. The van der Waals surface area contributed by atoms with Crippen LogP contribution in [-0.2, 0) is 14.4 Å². The van der Waals surface area contributed by atoms with Gasteiger partial charge in [-0.15, -0.1) is 0 Å². The van der Waals surface area contributed by atoms with Crippen molar-refractivity contribution in [2.75, 3.05) is 11.9 Å². The van der Waals surface area contributed by atoms with E-state index in [9.17, 15) is 9.59 Å². The maximum absolute atomic E-state index is 11.8. The summed E-state index contributed by atoms with van der Waals surface area (Å²) >= 11 is 6.29. The second kappa shape index (κ2) is 11.1. The number of nitrogens with two attached hydrogens (primary N) is 1. The van der Waals surface area contributed by atoms with Crippen molar-refractivity contribution in [2.24, 2.45) is 5.73 Å². The molecule has 0 saturated heterocycles. The molecule has 0 fully saturated rings. The van der Waals surface area contributed by atoms with Gasteiger partial charge in [0.05, 0.1) is 16.2 Å². The predicted molar refractivity (Wildman–Crippen MR) is 124 cm³/mol. The van der Waals surface area contributed by atoms with Gasteiger partial charge in [0.15, 0.2) is 6.61 Å². The van der Waals surface area contributed by atoms with Crippen molar-refractivity contribution in [1.82, 2.24) is 4.98 Å². The summed E-state index contributed by atoms with van der Waals surface area (Å²) in [5.74, 6) is -0.233. The lowest BCUT2D eigenvalue weighted by molar-refractivity contribution is -0.123. The Morgan fingerprint density at radius 1 is 1.19 bits per heavy atom. The maximum atomic E-state index is 11.8. The monoisotopic (exact) mass is 457 g/mol. The second-order valence-corrected chi connectivity index (χ2v) is 7.32. The molecule has 0 aliphatic heterocycles. The lowest BCUT2D eigenvalue weighted by Crippen LogP contribution is -2.20. The summed E-state index contributed by atoms with van der Waals surface area (Å²) in [5.41, 5.74) is 10.2. The van der Waals surface area contributed by atoms with E-state index in [4.69, 9.17) is 37.0 Å². The number of amides is 2. The molecule has 168 valence electrons. The molecule has 0 atom stereocenters. The Balaban J connectivity index is 0.00000114. The molecule has 0 unspecified atom stereocenters. The molecule has 1 aromatic heterocycles. The maximum Gasteiger partial charge on any atom is 0.290 e. The molecule has 0 aliphatic rings. The van der Waals surface area contributed by atoms with Crippen molar-refractivity contribution in [3.05, 3.63) is 52.5 Å². The normalized spacial score (nSPS) is 10.1. The van der Waals surface area contributed by atoms with E-state index in [1.165, 1.54) is 0 Å². The van der Waals surface area contributed by atoms with Crippen LogP contribution in [0.2, 0.25) is 5.02 Å². The Morgan fingerprint density at radius 3 is 2.47 bits per heavy atom. The van der Waals surface area contributed by atoms with Crippen molar-refractivity contribution in [2.45, 2.75) is 27.2 Å². The van der Waals surface area contributed by atoms with Crippen LogP contribution in [0.15, 0.2) is 36.4 Å². The number of hydrogen-bond donors (Lipinski definition) is 3. The van der Waals surface area contributed by atoms with Gasteiger partial charge in [0.2, 0.25) is 5.91 Å². The van der Waals surface area contributed by atoms with Crippen LogP contribution in [0.5, 0.6) is 5.75 Å². The molecule has 9 heteroatoms. The summed E-state index contributed by atoms with van der Waals surface area (Å²) in [6, 6.07) is 11.1. The standard InChI is InChI=1S/C22H22ClN3O3.CH2O2/c1-4-22(28)26-17-10-19-15(7-13(17)3)12(2)8-18(25-19)14-5-6-20(16(23)9-14)29-11-21(24)27;2-1-3/h5-10H,4,11H2,1-3H3,(H2,24,27)(H,26,28);1H,(H,2,3). The minimum Gasteiger partial charge on any atom is -0.483 e. The molecule has 1 heterocycles. The number of primary amides is 1. The van der Waals surface area contributed by atoms with Crippen molar-refractivity contribution in [3.8, 4) is 17.0 Å². The quantitative estimate of drug-likeness (QED) is 0.478. The molecular weight excluding hydrogens is 434 g/mol. The second-order valence-electron chi connectivity index (χ2n) is 6.92. The van der Waals surface area contributed by atoms with Crippen LogP contribution in [0, 0.1) is 13.8 Å². The molecule has 2 aromatic carbocycles. The van der Waals surface area contributed by atoms with Gasteiger partial charge in [0, 0.05) is 23.1 Å². The number of fused-ring (bicyclic) bond motifs is 1. The van der Waals surface area contributed by atoms with E-state index >= 15 is 0 Å². The fraction of sp³-hybridized carbons (Fsp3) is 0.217. The number of aryl methyl sites for hydroxylation is 2. The Labute approximate surface area is 190 Å². The van der Waals surface area contributed by atoms with Crippen molar-refractivity contribution in [3.63, 3.8) is 0 Å². The molecule has 32 heavy (non-hydrogen) atoms. The molecule has 0 radical (unpaired) electrons. The Bertz CT molecular complexity index is 1160. The van der Waals surface area contributed by atoms with Crippen molar-refractivity contribution in [1.29, 1.82) is 0 Å². The zero-order valence-corrected chi connectivity index (χ0v) is 18.7. The number of aromatic nitrogens is 1. The number of carbonyl (C=O) groups is 3. The molecule has 0 saturated carbocycles. The van der Waals surface area contributed by atoms with Crippen molar-refractivity contribution < 1.29 is 24.2 Å². The summed E-state index contributed by atoms with van der Waals surface area (Å²) in [7, 11) is 0. The molecule has 0 aliphatic carbocycles. The summed E-state index contributed by atoms with van der Waals surface area (Å²) in [4.78, 5) is 35.8. The minimum atomic E-state index is -0.571. The van der Waals surface area contributed by atoms with E-state index in [2.05, 4.69) is 5.32 Å². The lowest BCUT2D eigenvalue weighted by atomic mass is 10.0. The number of ether oxygens (including phenoxy) is 1. The Kier molecular flexibility index (Phi) is 8.54. The number of carboxylic acid groups (broad SMARTS) is 1. The minimum absolute atomic E-state index is 0.0429. The number of halogens is 1. The highest BCUT2D eigenvalue weighted by atomic mass is 35.5. The van der Waals surface area contributed by atoms with Crippen LogP contribution in [0.4, 0.5) is 5.69 Å². The van der Waals surface area contributed by atoms with Gasteiger partial charge < -0.3 is 20.9 Å². The number of benzene rings is 2. The first-order valence-electron chi connectivity index (χ1n) is 9.70. The molecular formula is C23H24ClN3O5. The van der Waals surface area contributed by atoms with Crippen LogP contribution in [-0.4, -0.2) is 35.0 Å². The van der Waals surface area contributed by atoms with E-state index in [1.807, 2.05) is 45.0 Å². The molecule has 3 rings (SSSR count). The van der Waals surface area contributed by atoms with Crippen LogP contribution in [0.3, 0.4) is 0 Å². The average molecular weight is 458 g/mol. The third-order valence-electron chi connectivity index (χ3n) is 4.55. The zero-order chi connectivity index (χ0) is 23.8. The number of rotatable bonds is 6. The highest BCUT2D eigenvalue weighted by Gasteiger charge is 2.12. The number of nitrogens with one attached hydrogen (secondary N) is 1. The molecule has 2 amide bonds. The summed E-state index contributed by atoms with van der Waals surface area (Å²) in [5, 5.41) is 11.2. The highest BCUT2D eigenvalue weighted by Crippen LogP contribution is 2.32. The average Bonchev–Trinajstić information content (AvgIpc) is 2.74. The van der Waals surface area contributed by atoms with Crippen LogP contribution >= 0.6 is 11.6 Å². The van der Waals surface area contributed by atoms with Gasteiger partial charge in [-0.05, 0) is 61.4 Å². The van der Waals surface area contributed by atoms with Gasteiger partial charge in [0.25, 0.3) is 12.4 Å². The van der Waals surface area contributed by atoms with Gasteiger partial charge in [-0.1, -0.05) is 18.5 Å². The number of anilines is 1. The van der Waals surface area contributed by atoms with E-state index in [0.717, 1.165) is 39.0 Å². The van der Waals surface area contributed by atoms with E-state index < -0.39 is 5.91 Å². The third kappa shape index (κ3) is 6.18. The summed E-state index contributed by atoms with van der Waals surface area (Å²) in [6.45, 7) is 5.30. The summed E-state index contributed by atoms with van der Waals surface area (Å²) in [6.07, 6.45) is 0.409. The van der Waals surface area contributed by atoms with Gasteiger partial charge in [-0.3, -0.25) is 14.4 Å². The van der Waals surface area contributed by atoms with Crippen molar-refractivity contribution >= 4 is 46.5 Å². The van der Waals surface area contributed by atoms with Gasteiger partial charge in [0.1, 0.15) is 5.75 Å². The number of hydrogen-bond acceptors (Lipinski definition) is 5. The third-order valence-corrected chi connectivity index (χ3v) is 4.85. The predicted octanol–water partition coefficient (Wildman–Crippen LogP) is 4.09. The molecule has 4 N–H and O–H groups in total. The van der Waals surface area contributed by atoms with Gasteiger partial charge in [-0.25, -0.2) is 4.98 Å². The van der Waals surface area contributed by atoms with Crippen LogP contribution < -0.4 is 15.8 Å². The molecule has 0 bridgehead atoms.